The molecule has 2 aromatic rings. The van der Waals surface area contributed by atoms with E-state index < -0.39 is 5.97 Å². The molecule has 1 aromatic carbocycles. The summed E-state index contributed by atoms with van der Waals surface area (Å²) >= 11 is 0. The molecule has 21 heavy (non-hydrogen) atoms. The monoisotopic (exact) mass is 286 g/mol. The van der Waals surface area contributed by atoms with Crippen LogP contribution in [0.3, 0.4) is 0 Å². The number of aliphatic carboxylic acids is 1. The number of hydrogen-bond donors (Lipinski definition) is 1. The van der Waals surface area contributed by atoms with E-state index in [0.717, 1.165) is 49.0 Å². The van der Waals surface area contributed by atoms with E-state index in [1.165, 1.54) is 5.56 Å². The smallest absolute Gasteiger partial charge is 0.303 e. The van der Waals surface area contributed by atoms with Crippen LogP contribution < -0.4 is 0 Å². The molecule has 0 aliphatic heterocycles. The van der Waals surface area contributed by atoms with Crippen LogP contribution in [-0.4, -0.2) is 20.6 Å². The number of rotatable bonds is 4. The second-order valence-corrected chi connectivity index (χ2v) is 6.53. The third-order valence-corrected chi connectivity index (χ3v) is 4.85. The van der Waals surface area contributed by atoms with Gasteiger partial charge >= 0.3 is 5.97 Å². The minimum atomic E-state index is -0.688. The molecule has 1 fully saturated rings. The Morgan fingerprint density at radius 2 is 2.10 bits per heavy atom. The van der Waals surface area contributed by atoms with Crippen LogP contribution in [0.4, 0.5) is 0 Å². The van der Waals surface area contributed by atoms with Crippen molar-refractivity contribution in [3.8, 4) is 0 Å². The van der Waals surface area contributed by atoms with Crippen LogP contribution in [-0.2, 0) is 18.3 Å². The van der Waals surface area contributed by atoms with Gasteiger partial charge in [-0.15, -0.1) is 0 Å². The lowest BCUT2D eigenvalue weighted by Crippen LogP contribution is -2.25. The van der Waals surface area contributed by atoms with E-state index in [1.54, 1.807) is 0 Å². The van der Waals surface area contributed by atoms with Gasteiger partial charge in [-0.3, -0.25) is 4.79 Å². The minimum Gasteiger partial charge on any atom is -0.481 e. The molecular weight excluding hydrogens is 264 g/mol. The standard InChI is InChI=1S/C17H22N2O2/c1-12-5-6-14-13(9-12)18-15(19(14)2)10-17(11-16(20)21)7-3-4-8-17/h5-6,9H,3-4,7-8,10-11H2,1-2H3,(H,20,21). The van der Waals surface area contributed by atoms with Crippen molar-refractivity contribution in [1.29, 1.82) is 0 Å². The molecule has 0 atom stereocenters. The van der Waals surface area contributed by atoms with Gasteiger partial charge in [0.05, 0.1) is 17.5 Å². The van der Waals surface area contributed by atoms with Gasteiger partial charge in [0.1, 0.15) is 5.82 Å². The molecule has 0 radical (unpaired) electrons. The first kappa shape index (κ1) is 14.1. The number of aromatic nitrogens is 2. The van der Waals surface area contributed by atoms with Crippen LogP contribution in [0.25, 0.3) is 11.0 Å². The summed E-state index contributed by atoms with van der Waals surface area (Å²) in [6, 6.07) is 6.29. The van der Waals surface area contributed by atoms with E-state index in [-0.39, 0.29) is 11.8 Å². The number of benzene rings is 1. The molecule has 0 amide bonds. The fraction of sp³-hybridized carbons (Fsp3) is 0.529. The lowest BCUT2D eigenvalue weighted by atomic mass is 9.79. The Balaban J connectivity index is 1.96. The van der Waals surface area contributed by atoms with E-state index >= 15 is 0 Å². The van der Waals surface area contributed by atoms with Gasteiger partial charge in [0.2, 0.25) is 0 Å². The van der Waals surface area contributed by atoms with Crippen molar-refractivity contribution >= 4 is 17.0 Å². The van der Waals surface area contributed by atoms with Crippen LogP contribution in [0.1, 0.15) is 43.5 Å². The highest BCUT2D eigenvalue weighted by molar-refractivity contribution is 5.76. The molecule has 3 rings (SSSR count). The van der Waals surface area contributed by atoms with E-state index in [0.29, 0.717) is 0 Å². The first-order chi connectivity index (χ1) is 9.99. The second kappa shape index (κ2) is 5.17. The van der Waals surface area contributed by atoms with Gasteiger partial charge in [-0.2, -0.15) is 0 Å². The van der Waals surface area contributed by atoms with Crippen LogP contribution >= 0.6 is 0 Å². The van der Waals surface area contributed by atoms with Gasteiger partial charge in [0, 0.05) is 13.5 Å². The molecule has 1 aliphatic carbocycles. The zero-order valence-corrected chi connectivity index (χ0v) is 12.7. The third-order valence-electron chi connectivity index (χ3n) is 4.85. The maximum absolute atomic E-state index is 11.2. The molecule has 0 saturated heterocycles. The summed E-state index contributed by atoms with van der Waals surface area (Å²) in [5.41, 5.74) is 3.24. The summed E-state index contributed by atoms with van der Waals surface area (Å²) in [6.07, 6.45) is 5.30. The van der Waals surface area contributed by atoms with E-state index in [4.69, 9.17) is 4.98 Å². The molecule has 112 valence electrons. The van der Waals surface area contributed by atoms with E-state index in [9.17, 15) is 9.90 Å². The number of imidazole rings is 1. The first-order valence-electron chi connectivity index (χ1n) is 7.63. The highest BCUT2D eigenvalue weighted by Crippen LogP contribution is 2.43. The first-order valence-corrected chi connectivity index (χ1v) is 7.63. The van der Waals surface area contributed by atoms with Crippen molar-refractivity contribution in [2.24, 2.45) is 12.5 Å². The normalized spacial score (nSPS) is 17.4. The van der Waals surface area contributed by atoms with Crippen LogP contribution in [0.2, 0.25) is 0 Å². The fourth-order valence-electron chi connectivity index (χ4n) is 3.72. The number of carbonyl (C=O) groups is 1. The average molecular weight is 286 g/mol. The van der Waals surface area contributed by atoms with Crippen molar-refractivity contribution in [1.82, 2.24) is 9.55 Å². The van der Waals surface area contributed by atoms with E-state index in [2.05, 4.69) is 29.7 Å². The number of carboxylic acids is 1. The van der Waals surface area contributed by atoms with Gasteiger partial charge in [0.15, 0.2) is 0 Å². The highest BCUT2D eigenvalue weighted by atomic mass is 16.4. The fourth-order valence-corrected chi connectivity index (χ4v) is 3.72. The summed E-state index contributed by atoms with van der Waals surface area (Å²) in [5.74, 6) is 0.324. The number of fused-ring (bicyclic) bond motifs is 1. The molecule has 1 saturated carbocycles. The zero-order chi connectivity index (χ0) is 15.0. The predicted molar refractivity (Wildman–Crippen MR) is 82.3 cm³/mol. The van der Waals surface area contributed by atoms with Crippen LogP contribution in [0, 0.1) is 12.3 Å². The Bertz CT molecular complexity index is 681. The Morgan fingerprint density at radius 3 is 2.76 bits per heavy atom. The Hall–Kier alpha value is -1.84. The van der Waals surface area contributed by atoms with Crippen molar-refractivity contribution in [2.45, 2.75) is 45.4 Å². The highest BCUT2D eigenvalue weighted by Gasteiger charge is 2.37. The second-order valence-electron chi connectivity index (χ2n) is 6.53. The third kappa shape index (κ3) is 2.67. The van der Waals surface area contributed by atoms with Gasteiger partial charge in [-0.05, 0) is 42.9 Å². The minimum absolute atomic E-state index is 0.101. The summed E-state index contributed by atoms with van der Waals surface area (Å²) < 4.78 is 2.12. The van der Waals surface area contributed by atoms with E-state index in [1.807, 2.05) is 7.05 Å². The zero-order valence-electron chi connectivity index (χ0n) is 12.7. The lowest BCUT2D eigenvalue weighted by Gasteiger charge is -2.26. The van der Waals surface area contributed by atoms with Crippen molar-refractivity contribution in [3.05, 3.63) is 29.6 Å². The van der Waals surface area contributed by atoms with Gasteiger partial charge in [-0.1, -0.05) is 18.9 Å². The Morgan fingerprint density at radius 1 is 1.38 bits per heavy atom. The molecule has 1 N–H and O–H groups in total. The SMILES string of the molecule is Cc1ccc2c(c1)nc(CC1(CC(=O)O)CCCC1)n2C. The number of carboxylic acid groups (broad SMARTS) is 1. The summed E-state index contributed by atoms with van der Waals surface area (Å²) in [6.45, 7) is 2.07. The molecule has 0 unspecified atom stereocenters. The summed E-state index contributed by atoms with van der Waals surface area (Å²) in [5, 5.41) is 9.24. The topological polar surface area (TPSA) is 55.1 Å². The Kier molecular flexibility index (Phi) is 3.47. The molecular formula is C17H22N2O2. The molecule has 1 aromatic heterocycles. The molecule has 0 spiro atoms. The number of hydrogen-bond acceptors (Lipinski definition) is 2. The molecule has 0 bridgehead atoms. The maximum atomic E-state index is 11.2. The maximum Gasteiger partial charge on any atom is 0.303 e. The van der Waals surface area contributed by atoms with Crippen molar-refractivity contribution in [2.75, 3.05) is 0 Å². The molecule has 4 nitrogen and oxygen atoms in total. The Labute approximate surface area is 124 Å². The van der Waals surface area contributed by atoms with Gasteiger partial charge in [-0.25, -0.2) is 4.98 Å². The number of nitrogens with zero attached hydrogens (tertiary/aromatic N) is 2. The van der Waals surface area contributed by atoms with Gasteiger partial charge < -0.3 is 9.67 Å². The molecule has 4 heteroatoms. The van der Waals surface area contributed by atoms with Crippen LogP contribution in [0.5, 0.6) is 0 Å². The lowest BCUT2D eigenvalue weighted by molar-refractivity contribution is -0.139. The average Bonchev–Trinajstić information content (AvgIpc) is 2.95. The summed E-state index contributed by atoms with van der Waals surface area (Å²) in [7, 11) is 2.03. The van der Waals surface area contributed by atoms with Gasteiger partial charge in [0.25, 0.3) is 0 Å². The van der Waals surface area contributed by atoms with Crippen molar-refractivity contribution < 1.29 is 9.90 Å². The van der Waals surface area contributed by atoms with Crippen molar-refractivity contribution in [3.63, 3.8) is 0 Å². The quantitative estimate of drug-likeness (QED) is 0.936. The summed E-state index contributed by atoms with van der Waals surface area (Å²) in [4.78, 5) is 16.0. The molecule has 1 heterocycles. The number of aryl methyl sites for hydroxylation is 2. The van der Waals surface area contributed by atoms with Crippen LogP contribution in [0.15, 0.2) is 18.2 Å². The largest absolute Gasteiger partial charge is 0.481 e. The molecule has 1 aliphatic rings. The predicted octanol–water partition coefficient (Wildman–Crippen LogP) is 3.46.